The van der Waals surface area contributed by atoms with Gasteiger partial charge in [-0.25, -0.2) is 0 Å². The molecule has 4 aliphatic carbocycles. The summed E-state index contributed by atoms with van der Waals surface area (Å²) >= 11 is 0. The summed E-state index contributed by atoms with van der Waals surface area (Å²) in [5.74, 6) is 0.855. The maximum atomic E-state index is 13.6. The molecule has 0 unspecified atom stereocenters. The quantitative estimate of drug-likeness (QED) is 0.662. The van der Waals surface area contributed by atoms with E-state index in [2.05, 4.69) is 20.8 Å². The van der Waals surface area contributed by atoms with Crippen LogP contribution in [-0.2, 0) is 9.59 Å². The summed E-state index contributed by atoms with van der Waals surface area (Å²) in [5, 5.41) is 30.5. The lowest BCUT2D eigenvalue weighted by atomic mass is 9.43. The lowest BCUT2D eigenvalue weighted by molar-refractivity contribution is -0.181. The number of hydrogen-bond donors (Lipinski definition) is 3. The normalized spacial score (nSPS) is 50.4. The molecule has 0 saturated heterocycles. The van der Waals surface area contributed by atoms with Gasteiger partial charge in [0.1, 0.15) is 5.78 Å². The first-order valence-corrected chi connectivity index (χ1v) is 11.7. The van der Waals surface area contributed by atoms with Crippen LogP contribution < -0.4 is 0 Å². The lowest BCUT2D eigenvalue weighted by Gasteiger charge is -2.61. The first-order valence-electron chi connectivity index (χ1n) is 11.7. The summed E-state index contributed by atoms with van der Waals surface area (Å²) in [4.78, 5) is 24.7. The molecule has 5 heteroatoms. The molecule has 4 saturated carbocycles. The van der Waals surface area contributed by atoms with E-state index >= 15 is 0 Å². The minimum Gasteiger partial charge on any atom is -0.481 e. The van der Waals surface area contributed by atoms with E-state index in [0.29, 0.717) is 24.5 Å². The summed E-state index contributed by atoms with van der Waals surface area (Å²) in [6.45, 7) is 6.54. The Morgan fingerprint density at radius 2 is 1.86 bits per heavy atom. The molecule has 164 valence electrons. The summed E-state index contributed by atoms with van der Waals surface area (Å²) in [6.07, 6.45) is 5.82. The third kappa shape index (κ3) is 3.18. The zero-order chi connectivity index (χ0) is 21.1. The Balaban J connectivity index is 1.62. The molecule has 4 aliphatic rings. The maximum Gasteiger partial charge on any atom is 0.303 e. The van der Waals surface area contributed by atoms with Crippen molar-refractivity contribution in [1.29, 1.82) is 0 Å². The van der Waals surface area contributed by atoms with Crippen LogP contribution in [0.15, 0.2) is 0 Å². The fourth-order valence-corrected chi connectivity index (χ4v) is 8.41. The Morgan fingerprint density at radius 3 is 2.55 bits per heavy atom. The third-order valence-electron chi connectivity index (χ3n) is 10.1. The number of rotatable bonds is 4. The predicted octanol–water partition coefficient (Wildman–Crippen LogP) is 3.66. The van der Waals surface area contributed by atoms with Gasteiger partial charge in [-0.3, -0.25) is 9.59 Å². The standard InChI is InChI=1S/C24H38O5/c1-13(4-7-21(28)29)16-5-6-17-22-18(12-20(27)24(16,17)3)23(2)9-8-15(25)10-14(23)11-19(22)26/h13-19,22,25-26H,4-12H2,1-3H3,(H,28,29)/t13-,14-,15+,16+,17-,18-,19+,22+,23-,24+/m0/s1. The van der Waals surface area contributed by atoms with Gasteiger partial charge in [0.2, 0.25) is 0 Å². The lowest BCUT2D eigenvalue weighted by Crippen LogP contribution is -2.61. The van der Waals surface area contributed by atoms with Gasteiger partial charge in [0, 0.05) is 18.3 Å². The van der Waals surface area contributed by atoms with Gasteiger partial charge in [0.25, 0.3) is 0 Å². The van der Waals surface area contributed by atoms with Crippen molar-refractivity contribution in [2.45, 2.75) is 90.8 Å². The Labute approximate surface area is 174 Å². The van der Waals surface area contributed by atoms with Crippen LogP contribution in [0.3, 0.4) is 0 Å². The Hall–Kier alpha value is -0.940. The van der Waals surface area contributed by atoms with Crippen molar-refractivity contribution in [3.63, 3.8) is 0 Å². The highest BCUT2D eigenvalue weighted by Crippen LogP contribution is 2.67. The second kappa shape index (κ2) is 7.33. The summed E-state index contributed by atoms with van der Waals surface area (Å²) in [7, 11) is 0. The van der Waals surface area contributed by atoms with Crippen molar-refractivity contribution >= 4 is 11.8 Å². The molecular formula is C24H38O5. The van der Waals surface area contributed by atoms with Crippen LogP contribution in [0.2, 0.25) is 0 Å². The second-order valence-corrected chi connectivity index (χ2v) is 11.2. The molecule has 0 aliphatic heterocycles. The maximum absolute atomic E-state index is 13.6. The third-order valence-corrected chi connectivity index (χ3v) is 10.1. The number of aliphatic hydroxyl groups excluding tert-OH is 2. The molecule has 0 bridgehead atoms. The molecule has 0 aromatic heterocycles. The van der Waals surface area contributed by atoms with E-state index in [-0.39, 0.29) is 47.5 Å². The molecule has 4 rings (SSSR count). The highest BCUT2D eigenvalue weighted by atomic mass is 16.4. The van der Waals surface area contributed by atoms with Gasteiger partial charge < -0.3 is 15.3 Å². The summed E-state index contributed by atoms with van der Waals surface area (Å²) in [5.41, 5.74) is -0.398. The van der Waals surface area contributed by atoms with Crippen molar-refractivity contribution in [1.82, 2.24) is 0 Å². The number of carbonyl (C=O) groups excluding carboxylic acids is 1. The number of aliphatic carboxylic acids is 1. The number of fused-ring (bicyclic) bond motifs is 5. The topological polar surface area (TPSA) is 94.8 Å². The van der Waals surface area contributed by atoms with Crippen LogP contribution in [-0.4, -0.2) is 39.3 Å². The van der Waals surface area contributed by atoms with Crippen LogP contribution >= 0.6 is 0 Å². The Morgan fingerprint density at radius 1 is 1.14 bits per heavy atom. The zero-order valence-electron chi connectivity index (χ0n) is 18.1. The van der Waals surface area contributed by atoms with Crippen LogP contribution in [0.1, 0.15) is 78.6 Å². The SMILES string of the molecule is C[C@@H](CCC(=O)O)[C@H]1CC[C@H]2[C@H]3[C@H](O)C[C@@H]4C[C@H](O)CC[C@]4(C)[C@H]3CC(=O)[C@]12C. The smallest absolute Gasteiger partial charge is 0.303 e. The fourth-order valence-electron chi connectivity index (χ4n) is 8.41. The highest BCUT2D eigenvalue weighted by molar-refractivity contribution is 5.87. The molecule has 0 aromatic carbocycles. The van der Waals surface area contributed by atoms with E-state index in [0.717, 1.165) is 38.5 Å². The van der Waals surface area contributed by atoms with E-state index in [4.69, 9.17) is 5.11 Å². The second-order valence-electron chi connectivity index (χ2n) is 11.2. The van der Waals surface area contributed by atoms with Crippen LogP contribution in [0.5, 0.6) is 0 Å². The predicted molar refractivity (Wildman–Crippen MR) is 109 cm³/mol. The number of carboxylic acid groups (broad SMARTS) is 1. The van der Waals surface area contributed by atoms with E-state index < -0.39 is 17.5 Å². The summed E-state index contributed by atoms with van der Waals surface area (Å²) < 4.78 is 0. The van der Waals surface area contributed by atoms with Gasteiger partial charge in [-0.2, -0.15) is 0 Å². The number of carboxylic acids is 1. The number of hydrogen-bond acceptors (Lipinski definition) is 4. The van der Waals surface area contributed by atoms with Crippen molar-refractivity contribution in [2.24, 2.45) is 46.3 Å². The van der Waals surface area contributed by atoms with Gasteiger partial charge in [-0.15, -0.1) is 0 Å². The first kappa shape index (κ1) is 21.3. The monoisotopic (exact) mass is 406 g/mol. The zero-order valence-corrected chi connectivity index (χ0v) is 18.1. The number of aliphatic hydroxyl groups is 2. The van der Waals surface area contributed by atoms with Crippen LogP contribution in [0.4, 0.5) is 0 Å². The van der Waals surface area contributed by atoms with Crippen molar-refractivity contribution in [3.05, 3.63) is 0 Å². The van der Waals surface area contributed by atoms with Crippen LogP contribution in [0, 0.1) is 46.3 Å². The number of ketones is 1. The highest BCUT2D eigenvalue weighted by Gasteiger charge is 2.65. The number of Topliss-reactive ketones (excluding diaryl/α,β-unsaturated/α-hetero) is 1. The molecule has 10 atom stereocenters. The van der Waals surface area contributed by atoms with Gasteiger partial charge in [-0.1, -0.05) is 20.8 Å². The summed E-state index contributed by atoms with van der Waals surface area (Å²) in [6, 6.07) is 0. The molecular weight excluding hydrogens is 368 g/mol. The molecule has 29 heavy (non-hydrogen) atoms. The van der Waals surface area contributed by atoms with Gasteiger partial charge >= 0.3 is 5.97 Å². The van der Waals surface area contributed by atoms with Gasteiger partial charge in [0.05, 0.1) is 12.2 Å². The first-order chi connectivity index (χ1) is 13.6. The molecule has 0 aromatic rings. The van der Waals surface area contributed by atoms with E-state index in [9.17, 15) is 19.8 Å². The molecule has 0 spiro atoms. The van der Waals surface area contributed by atoms with Gasteiger partial charge in [-0.05, 0) is 85.9 Å². The molecule has 3 N–H and O–H groups in total. The molecule has 0 radical (unpaired) electrons. The molecule has 0 heterocycles. The molecule has 0 amide bonds. The van der Waals surface area contributed by atoms with Crippen LogP contribution in [0.25, 0.3) is 0 Å². The fraction of sp³-hybridized carbons (Fsp3) is 0.917. The molecule has 5 nitrogen and oxygen atoms in total. The minimum atomic E-state index is -0.771. The van der Waals surface area contributed by atoms with Gasteiger partial charge in [0.15, 0.2) is 0 Å². The van der Waals surface area contributed by atoms with E-state index in [1.807, 2.05) is 0 Å². The minimum absolute atomic E-state index is 0.0348. The van der Waals surface area contributed by atoms with Crippen molar-refractivity contribution in [3.8, 4) is 0 Å². The molecule has 4 fully saturated rings. The van der Waals surface area contributed by atoms with Crippen molar-refractivity contribution in [2.75, 3.05) is 0 Å². The van der Waals surface area contributed by atoms with E-state index in [1.54, 1.807) is 0 Å². The average molecular weight is 407 g/mol. The Kier molecular flexibility index (Phi) is 5.39. The average Bonchev–Trinajstić information content (AvgIpc) is 3.01. The number of carbonyl (C=O) groups is 2. The van der Waals surface area contributed by atoms with Crippen molar-refractivity contribution < 1.29 is 24.9 Å². The van der Waals surface area contributed by atoms with E-state index in [1.165, 1.54) is 0 Å². The Bertz CT molecular complexity index is 676. The largest absolute Gasteiger partial charge is 0.481 e.